The molecule has 1 N–H and O–H groups in total. The first-order valence-corrected chi connectivity index (χ1v) is 4.06. The summed E-state index contributed by atoms with van der Waals surface area (Å²) in [5.74, 6) is 3.77. The summed E-state index contributed by atoms with van der Waals surface area (Å²) in [5.41, 5.74) is 0.264. The second kappa shape index (κ2) is 2.00. The van der Waals surface area contributed by atoms with E-state index in [1.165, 1.54) is 19.3 Å². The predicted octanol–water partition coefficient (Wildman–Crippen LogP) is 1.01. The SMILES string of the molecule is C#C[C@]12CCC[C@H]1CNC2. The lowest BCUT2D eigenvalue weighted by Crippen LogP contribution is -2.22. The molecule has 2 atom stereocenters. The molecule has 1 nitrogen and oxygen atoms in total. The van der Waals surface area contributed by atoms with Gasteiger partial charge in [0, 0.05) is 12.0 Å². The van der Waals surface area contributed by atoms with Crippen molar-refractivity contribution in [1.82, 2.24) is 5.32 Å². The normalized spacial score (nSPS) is 44.9. The van der Waals surface area contributed by atoms with Gasteiger partial charge in [-0.3, -0.25) is 0 Å². The van der Waals surface area contributed by atoms with Crippen molar-refractivity contribution in [3.05, 3.63) is 0 Å². The van der Waals surface area contributed by atoms with Gasteiger partial charge in [-0.25, -0.2) is 0 Å². The lowest BCUT2D eigenvalue weighted by atomic mass is 9.82. The molecule has 0 unspecified atom stereocenters. The van der Waals surface area contributed by atoms with Crippen LogP contribution in [0.2, 0.25) is 0 Å². The standard InChI is InChI=1S/C9H13N/c1-2-9-5-3-4-8(9)6-10-7-9/h1,8,10H,3-7H2/t8-,9+/m0/s1. The molecule has 0 amide bonds. The van der Waals surface area contributed by atoms with Crippen molar-refractivity contribution >= 4 is 0 Å². The van der Waals surface area contributed by atoms with E-state index < -0.39 is 0 Å². The molecule has 2 rings (SSSR count). The van der Waals surface area contributed by atoms with Gasteiger partial charge in [-0.05, 0) is 25.3 Å². The van der Waals surface area contributed by atoms with Gasteiger partial charge in [-0.1, -0.05) is 12.3 Å². The zero-order valence-corrected chi connectivity index (χ0v) is 6.19. The van der Waals surface area contributed by atoms with Crippen LogP contribution in [-0.2, 0) is 0 Å². The van der Waals surface area contributed by atoms with E-state index in [9.17, 15) is 0 Å². The third kappa shape index (κ3) is 0.630. The zero-order valence-electron chi connectivity index (χ0n) is 6.19. The van der Waals surface area contributed by atoms with Gasteiger partial charge in [0.05, 0.1) is 0 Å². The lowest BCUT2D eigenvalue weighted by Gasteiger charge is -2.20. The first-order valence-electron chi connectivity index (χ1n) is 4.06. The Hall–Kier alpha value is -0.480. The highest BCUT2D eigenvalue weighted by Crippen LogP contribution is 2.44. The molecule has 0 aromatic carbocycles. The fourth-order valence-corrected chi connectivity index (χ4v) is 2.38. The van der Waals surface area contributed by atoms with Gasteiger partial charge in [0.25, 0.3) is 0 Å². The molecule has 2 aliphatic rings. The number of nitrogens with one attached hydrogen (secondary N) is 1. The maximum absolute atomic E-state index is 5.52. The van der Waals surface area contributed by atoms with Gasteiger partial charge in [-0.2, -0.15) is 0 Å². The smallest absolute Gasteiger partial charge is 0.0476 e. The molecule has 2 fully saturated rings. The van der Waals surface area contributed by atoms with Crippen molar-refractivity contribution in [2.75, 3.05) is 13.1 Å². The van der Waals surface area contributed by atoms with Crippen molar-refractivity contribution in [2.45, 2.75) is 19.3 Å². The second-order valence-electron chi connectivity index (χ2n) is 3.52. The lowest BCUT2D eigenvalue weighted by molar-refractivity contribution is 0.379. The van der Waals surface area contributed by atoms with E-state index >= 15 is 0 Å². The molecule has 0 bridgehead atoms. The third-order valence-electron chi connectivity index (χ3n) is 3.08. The number of rotatable bonds is 0. The van der Waals surface area contributed by atoms with Gasteiger partial charge in [0.1, 0.15) is 0 Å². The molecule has 1 aliphatic heterocycles. The van der Waals surface area contributed by atoms with Gasteiger partial charge >= 0.3 is 0 Å². The Bertz CT molecular complexity index is 168. The molecular weight excluding hydrogens is 122 g/mol. The van der Waals surface area contributed by atoms with Gasteiger partial charge in [0.15, 0.2) is 0 Å². The molecule has 54 valence electrons. The van der Waals surface area contributed by atoms with Crippen LogP contribution in [0, 0.1) is 23.7 Å². The van der Waals surface area contributed by atoms with Crippen LogP contribution in [0.4, 0.5) is 0 Å². The molecule has 0 radical (unpaired) electrons. The summed E-state index contributed by atoms with van der Waals surface area (Å²) in [6.07, 6.45) is 9.46. The fourth-order valence-electron chi connectivity index (χ4n) is 2.38. The van der Waals surface area contributed by atoms with E-state index in [0.29, 0.717) is 0 Å². The highest BCUT2D eigenvalue weighted by atomic mass is 14.9. The summed E-state index contributed by atoms with van der Waals surface area (Å²) in [4.78, 5) is 0. The van der Waals surface area contributed by atoms with Crippen LogP contribution in [0.3, 0.4) is 0 Å². The summed E-state index contributed by atoms with van der Waals surface area (Å²) in [5, 5.41) is 3.37. The molecule has 1 saturated heterocycles. The van der Waals surface area contributed by atoms with E-state index in [2.05, 4.69) is 11.2 Å². The van der Waals surface area contributed by atoms with Crippen LogP contribution in [0.5, 0.6) is 0 Å². The summed E-state index contributed by atoms with van der Waals surface area (Å²) >= 11 is 0. The monoisotopic (exact) mass is 135 g/mol. The van der Waals surface area contributed by atoms with E-state index in [1.807, 2.05) is 0 Å². The van der Waals surface area contributed by atoms with Crippen molar-refractivity contribution in [3.8, 4) is 12.3 Å². The van der Waals surface area contributed by atoms with Crippen molar-refractivity contribution in [2.24, 2.45) is 11.3 Å². The summed E-state index contributed by atoms with van der Waals surface area (Å²) < 4.78 is 0. The number of hydrogen-bond acceptors (Lipinski definition) is 1. The van der Waals surface area contributed by atoms with Crippen LogP contribution in [0.1, 0.15) is 19.3 Å². The predicted molar refractivity (Wildman–Crippen MR) is 41.5 cm³/mol. The van der Waals surface area contributed by atoms with Crippen LogP contribution in [-0.4, -0.2) is 13.1 Å². The minimum absolute atomic E-state index is 0.264. The molecular formula is C9H13N. The maximum Gasteiger partial charge on any atom is 0.0476 e. The van der Waals surface area contributed by atoms with Gasteiger partial charge < -0.3 is 5.32 Å². The second-order valence-corrected chi connectivity index (χ2v) is 3.52. The van der Waals surface area contributed by atoms with Crippen molar-refractivity contribution in [3.63, 3.8) is 0 Å². The molecule has 1 heteroatoms. The van der Waals surface area contributed by atoms with Gasteiger partial charge in [0.2, 0.25) is 0 Å². The summed E-state index contributed by atoms with van der Waals surface area (Å²) in [6.45, 7) is 2.22. The van der Waals surface area contributed by atoms with Crippen molar-refractivity contribution in [1.29, 1.82) is 0 Å². The Morgan fingerprint density at radius 2 is 2.50 bits per heavy atom. The maximum atomic E-state index is 5.52. The van der Waals surface area contributed by atoms with Crippen LogP contribution < -0.4 is 5.32 Å². The minimum Gasteiger partial charge on any atom is -0.315 e. The van der Waals surface area contributed by atoms with Crippen LogP contribution in [0.15, 0.2) is 0 Å². The Balaban J connectivity index is 2.25. The van der Waals surface area contributed by atoms with E-state index in [1.54, 1.807) is 0 Å². The average molecular weight is 135 g/mol. The first-order chi connectivity index (χ1) is 4.87. The minimum atomic E-state index is 0.264. The number of terminal acetylenes is 1. The molecule has 0 aromatic heterocycles. The van der Waals surface area contributed by atoms with Gasteiger partial charge in [-0.15, -0.1) is 6.42 Å². The van der Waals surface area contributed by atoms with E-state index in [0.717, 1.165) is 19.0 Å². The zero-order chi connectivity index (χ0) is 7.03. The van der Waals surface area contributed by atoms with E-state index in [4.69, 9.17) is 6.42 Å². The Kier molecular flexibility index (Phi) is 1.25. The largest absolute Gasteiger partial charge is 0.315 e. The molecule has 1 aliphatic carbocycles. The average Bonchev–Trinajstić information content (AvgIpc) is 2.42. The Labute approximate surface area is 62.2 Å². The number of hydrogen-bond donors (Lipinski definition) is 1. The number of fused-ring (bicyclic) bond motifs is 1. The summed E-state index contributed by atoms with van der Waals surface area (Å²) in [6, 6.07) is 0. The van der Waals surface area contributed by atoms with Crippen LogP contribution >= 0.6 is 0 Å². The molecule has 0 spiro atoms. The van der Waals surface area contributed by atoms with E-state index in [-0.39, 0.29) is 5.41 Å². The summed E-state index contributed by atoms with van der Waals surface area (Å²) in [7, 11) is 0. The van der Waals surface area contributed by atoms with Crippen molar-refractivity contribution < 1.29 is 0 Å². The highest BCUT2D eigenvalue weighted by molar-refractivity contribution is 5.15. The molecule has 10 heavy (non-hydrogen) atoms. The Morgan fingerprint density at radius 1 is 1.60 bits per heavy atom. The fraction of sp³-hybridized carbons (Fsp3) is 0.778. The first kappa shape index (κ1) is 6.24. The quantitative estimate of drug-likeness (QED) is 0.489. The Morgan fingerprint density at radius 3 is 3.20 bits per heavy atom. The third-order valence-corrected chi connectivity index (χ3v) is 3.08. The van der Waals surface area contributed by atoms with Crippen LogP contribution in [0.25, 0.3) is 0 Å². The highest BCUT2D eigenvalue weighted by Gasteiger charge is 2.44. The molecule has 0 aromatic rings. The topological polar surface area (TPSA) is 12.0 Å². The molecule has 1 heterocycles. The molecule has 1 saturated carbocycles.